The maximum Gasteiger partial charge on any atom is 0.441 e. The summed E-state index contributed by atoms with van der Waals surface area (Å²) >= 11 is -0.0376. The summed E-state index contributed by atoms with van der Waals surface area (Å²) in [6.45, 7) is 7.42. The number of aryl methyl sites for hydroxylation is 1. The molecule has 8 heteroatoms. The minimum atomic E-state index is -4.18. The summed E-state index contributed by atoms with van der Waals surface area (Å²) in [5.41, 5.74) is -3.30. The van der Waals surface area contributed by atoms with Gasteiger partial charge < -0.3 is 4.90 Å². The first kappa shape index (κ1) is 17.3. The minimum absolute atomic E-state index is 0.0376. The lowest BCUT2D eigenvalue weighted by Crippen LogP contribution is -2.39. The van der Waals surface area contributed by atoms with Crippen molar-refractivity contribution in [2.75, 3.05) is 19.3 Å². The van der Waals surface area contributed by atoms with E-state index in [1.807, 2.05) is 7.05 Å². The average Bonchev–Trinajstić information content (AvgIpc) is 2.70. The molecule has 0 radical (unpaired) electrons. The highest BCUT2D eigenvalue weighted by molar-refractivity contribution is 8.00. The zero-order valence-corrected chi connectivity index (χ0v) is 13.1. The predicted octanol–water partition coefficient (Wildman–Crippen LogP) is 2.80. The van der Waals surface area contributed by atoms with Gasteiger partial charge in [0.2, 0.25) is 0 Å². The Morgan fingerprint density at radius 1 is 1.30 bits per heavy atom. The van der Waals surface area contributed by atoms with E-state index >= 15 is 0 Å². The molecule has 4 nitrogen and oxygen atoms in total. The van der Waals surface area contributed by atoms with E-state index in [2.05, 4.69) is 36.0 Å². The maximum atomic E-state index is 12.0. The normalized spacial score (nSPS) is 13.2. The lowest BCUT2D eigenvalue weighted by Gasteiger charge is -2.31. The van der Waals surface area contributed by atoms with E-state index in [-0.39, 0.29) is 29.6 Å². The van der Waals surface area contributed by atoms with E-state index in [1.54, 1.807) is 6.20 Å². The van der Waals surface area contributed by atoms with Crippen LogP contribution in [-0.4, -0.2) is 50.3 Å². The molecule has 0 fully saturated rings. The standard InChI is InChI=1S/C12H21F3N4S/c1-11(2,3)18(4)6-5-10-9-19(17-16-10)7-8-20-12(13,14)15/h9H,5-8H2,1-4H3. The molecule has 0 N–H and O–H groups in total. The third kappa shape index (κ3) is 6.60. The van der Waals surface area contributed by atoms with Crippen LogP contribution in [0, 0.1) is 0 Å². The van der Waals surface area contributed by atoms with E-state index < -0.39 is 5.51 Å². The second-order valence-corrected chi connectivity index (χ2v) is 6.77. The van der Waals surface area contributed by atoms with Gasteiger partial charge in [0.25, 0.3) is 0 Å². The third-order valence-electron chi connectivity index (χ3n) is 3.02. The average molecular weight is 310 g/mol. The van der Waals surface area contributed by atoms with Crippen LogP contribution in [0.2, 0.25) is 0 Å². The number of alkyl halides is 3. The molecule has 1 aromatic rings. The van der Waals surface area contributed by atoms with Gasteiger partial charge in [-0.1, -0.05) is 5.21 Å². The van der Waals surface area contributed by atoms with Crippen molar-refractivity contribution < 1.29 is 13.2 Å². The van der Waals surface area contributed by atoms with E-state index in [0.29, 0.717) is 0 Å². The number of aromatic nitrogens is 3. The van der Waals surface area contributed by atoms with Crippen LogP contribution in [0.15, 0.2) is 6.20 Å². The van der Waals surface area contributed by atoms with E-state index in [4.69, 9.17) is 0 Å². The monoisotopic (exact) mass is 310 g/mol. The first-order valence-corrected chi connectivity index (χ1v) is 7.37. The molecular weight excluding hydrogens is 289 g/mol. The maximum absolute atomic E-state index is 12.0. The number of thioether (sulfide) groups is 1. The lowest BCUT2D eigenvalue weighted by molar-refractivity contribution is -0.0328. The summed E-state index contributed by atoms with van der Waals surface area (Å²) in [5.74, 6) is -0.0474. The van der Waals surface area contributed by atoms with Crippen LogP contribution < -0.4 is 0 Å². The summed E-state index contributed by atoms with van der Waals surface area (Å²) in [5, 5.41) is 7.82. The molecule has 0 aliphatic rings. The summed E-state index contributed by atoms with van der Waals surface area (Å²) in [7, 11) is 2.03. The van der Waals surface area contributed by atoms with Gasteiger partial charge in [-0.25, -0.2) is 0 Å². The predicted molar refractivity (Wildman–Crippen MR) is 74.6 cm³/mol. The third-order valence-corrected chi connectivity index (χ3v) is 3.73. The van der Waals surface area contributed by atoms with Crippen LogP contribution in [0.5, 0.6) is 0 Å². The fourth-order valence-electron chi connectivity index (χ4n) is 1.43. The molecule has 1 aromatic heterocycles. The topological polar surface area (TPSA) is 34.0 Å². The van der Waals surface area contributed by atoms with Crippen LogP contribution in [-0.2, 0) is 13.0 Å². The molecule has 0 bridgehead atoms. The molecule has 0 saturated heterocycles. The van der Waals surface area contributed by atoms with Crippen molar-refractivity contribution in [3.05, 3.63) is 11.9 Å². The van der Waals surface area contributed by atoms with E-state index in [0.717, 1.165) is 18.7 Å². The van der Waals surface area contributed by atoms with Gasteiger partial charge in [0.1, 0.15) is 0 Å². The molecule has 0 atom stereocenters. The van der Waals surface area contributed by atoms with Crippen LogP contribution in [0.4, 0.5) is 13.2 Å². The van der Waals surface area contributed by atoms with Crippen molar-refractivity contribution >= 4 is 11.8 Å². The van der Waals surface area contributed by atoms with Gasteiger partial charge in [-0.05, 0) is 39.6 Å². The molecule has 0 saturated carbocycles. The van der Waals surface area contributed by atoms with Crippen LogP contribution in [0.25, 0.3) is 0 Å². The molecule has 1 heterocycles. The zero-order valence-electron chi connectivity index (χ0n) is 12.2. The zero-order chi connectivity index (χ0) is 15.4. The molecule has 20 heavy (non-hydrogen) atoms. The van der Waals surface area contributed by atoms with E-state index in [1.165, 1.54) is 4.68 Å². The Hall–Kier alpha value is -0.760. The van der Waals surface area contributed by atoms with E-state index in [9.17, 15) is 13.2 Å². The second-order valence-electron chi connectivity index (χ2n) is 5.61. The van der Waals surface area contributed by atoms with Gasteiger partial charge in [0.05, 0.1) is 12.2 Å². The molecular formula is C12H21F3N4S. The van der Waals surface area contributed by atoms with Crippen molar-refractivity contribution in [3.8, 4) is 0 Å². The van der Waals surface area contributed by atoms with Crippen molar-refractivity contribution in [1.29, 1.82) is 0 Å². The minimum Gasteiger partial charge on any atom is -0.301 e. The first-order chi connectivity index (χ1) is 9.08. The van der Waals surface area contributed by atoms with Gasteiger partial charge >= 0.3 is 5.51 Å². The number of likely N-dealkylation sites (N-methyl/N-ethyl adjacent to an activating group) is 1. The Bertz CT molecular complexity index is 412. The van der Waals surface area contributed by atoms with Gasteiger partial charge in [0.15, 0.2) is 0 Å². The number of halogens is 3. The fourth-order valence-corrected chi connectivity index (χ4v) is 1.94. The summed E-state index contributed by atoms with van der Waals surface area (Å²) in [4.78, 5) is 2.20. The Morgan fingerprint density at radius 3 is 2.50 bits per heavy atom. The Morgan fingerprint density at radius 2 is 1.95 bits per heavy atom. The molecule has 0 amide bonds. The van der Waals surface area contributed by atoms with Gasteiger partial charge in [-0.3, -0.25) is 4.68 Å². The molecule has 0 aliphatic heterocycles. The summed E-state index contributed by atoms with van der Waals surface area (Å²) in [6, 6.07) is 0. The van der Waals surface area contributed by atoms with Gasteiger partial charge in [0, 0.05) is 30.5 Å². The van der Waals surface area contributed by atoms with Crippen molar-refractivity contribution in [3.63, 3.8) is 0 Å². The smallest absolute Gasteiger partial charge is 0.301 e. The van der Waals surface area contributed by atoms with Gasteiger partial charge in [-0.15, -0.1) is 5.10 Å². The molecule has 0 spiro atoms. The molecule has 0 aromatic carbocycles. The van der Waals surface area contributed by atoms with Crippen molar-refractivity contribution in [2.24, 2.45) is 0 Å². The van der Waals surface area contributed by atoms with Crippen LogP contribution in [0.1, 0.15) is 26.5 Å². The van der Waals surface area contributed by atoms with Gasteiger partial charge in [-0.2, -0.15) is 13.2 Å². The van der Waals surface area contributed by atoms with Crippen LogP contribution >= 0.6 is 11.8 Å². The SMILES string of the molecule is CN(CCc1cn(CCSC(F)(F)F)nn1)C(C)(C)C. The highest BCUT2D eigenvalue weighted by Crippen LogP contribution is 2.29. The highest BCUT2D eigenvalue weighted by Gasteiger charge is 2.27. The number of nitrogens with zero attached hydrogens (tertiary/aromatic N) is 4. The van der Waals surface area contributed by atoms with Crippen LogP contribution in [0.3, 0.4) is 0 Å². The largest absolute Gasteiger partial charge is 0.441 e. The highest BCUT2D eigenvalue weighted by atomic mass is 32.2. The Balaban J connectivity index is 2.36. The second kappa shape index (κ2) is 6.80. The fraction of sp³-hybridized carbons (Fsp3) is 0.833. The Kier molecular flexibility index (Phi) is 5.88. The molecule has 1 rings (SSSR count). The number of rotatable bonds is 6. The summed E-state index contributed by atoms with van der Waals surface area (Å²) < 4.78 is 37.5. The number of hydrogen-bond donors (Lipinski definition) is 0. The molecule has 0 aliphatic carbocycles. The Labute approximate surface area is 121 Å². The van der Waals surface area contributed by atoms with Crippen molar-refractivity contribution in [1.82, 2.24) is 19.9 Å². The first-order valence-electron chi connectivity index (χ1n) is 6.39. The van der Waals surface area contributed by atoms with Crippen molar-refractivity contribution in [2.45, 2.75) is 44.8 Å². The molecule has 0 unspecified atom stereocenters. The number of hydrogen-bond acceptors (Lipinski definition) is 4. The lowest BCUT2D eigenvalue weighted by atomic mass is 10.1. The quantitative estimate of drug-likeness (QED) is 0.809. The molecule has 116 valence electrons. The summed E-state index contributed by atoms with van der Waals surface area (Å²) in [6.07, 6.45) is 2.45.